The van der Waals surface area contributed by atoms with Gasteiger partial charge in [0.15, 0.2) is 5.78 Å². The minimum absolute atomic E-state index is 0. The van der Waals surface area contributed by atoms with Crippen molar-refractivity contribution in [2.75, 3.05) is 7.05 Å². The maximum atomic E-state index is 10.6. The number of aromatic nitrogens is 1. The van der Waals surface area contributed by atoms with E-state index in [1.54, 1.807) is 24.5 Å². The molecule has 0 spiro atoms. The van der Waals surface area contributed by atoms with E-state index in [1.807, 2.05) is 13.8 Å². The summed E-state index contributed by atoms with van der Waals surface area (Å²) < 4.78 is 0. The highest BCUT2D eigenvalue weighted by atomic mass is 16.1. The van der Waals surface area contributed by atoms with Crippen LogP contribution in [0.15, 0.2) is 24.5 Å². The van der Waals surface area contributed by atoms with Crippen LogP contribution in [0.2, 0.25) is 0 Å². The Morgan fingerprint density at radius 1 is 1.31 bits per heavy atom. The first kappa shape index (κ1) is 14.3. The number of carbonyl (C=O) groups excluding carboxylic acids is 1. The smallest absolute Gasteiger partial charge is 0.159 e. The molecule has 0 saturated carbocycles. The molecule has 0 bridgehead atoms. The molecule has 13 heavy (non-hydrogen) atoms. The molecule has 76 valence electrons. The van der Waals surface area contributed by atoms with E-state index in [-0.39, 0.29) is 7.21 Å². The van der Waals surface area contributed by atoms with Gasteiger partial charge in [-0.15, -0.1) is 0 Å². The molecule has 2 N–H and O–H groups in total. The van der Waals surface area contributed by atoms with Crippen LogP contribution in [-0.4, -0.2) is 17.8 Å². The fourth-order valence-electron chi connectivity index (χ4n) is 0.587. The summed E-state index contributed by atoms with van der Waals surface area (Å²) in [4.78, 5) is 14.4. The van der Waals surface area contributed by atoms with Gasteiger partial charge in [0, 0.05) is 19.4 Å². The van der Waals surface area contributed by atoms with Crippen molar-refractivity contribution in [3.05, 3.63) is 30.1 Å². The molecule has 0 fully saturated rings. The van der Waals surface area contributed by atoms with E-state index in [4.69, 9.17) is 0 Å². The maximum absolute atomic E-state index is 10.6. The molecular formula is C10H20N2O. The molecule has 0 amide bonds. The van der Waals surface area contributed by atoms with Crippen molar-refractivity contribution in [3.8, 4) is 0 Å². The molecule has 1 aromatic heterocycles. The van der Waals surface area contributed by atoms with E-state index in [0.29, 0.717) is 5.56 Å². The Hall–Kier alpha value is -1.22. The molecule has 3 nitrogen and oxygen atoms in total. The number of hydrogen-bond acceptors (Lipinski definition) is 3. The molecule has 1 heterocycles. The van der Waals surface area contributed by atoms with Gasteiger partial charge in [-0.3, -0.25) is 9.78 Å². The third-order valence-corrected chi connectivity index (χ3v) is 1.09. The van der Waals surface area contributed by atoms with Crippen LogP contribution >= 0.6 is 0 Å². The van der Waals surface area contributed by atoms with Crippen LogP contribution in [0.25, 0.3) is 0 Å². The number of nitrogens with zero attached hydrogens (tertiary/aromatic N) is 1. The van der Waals surface area contributed by atoms with Crippen molar-refractivity contribution in [2.45, 2.75) is 20.8 Å². The van der Waals surface area contributed by atoms with E-state index in [1.165, 1.54) is 14.0 Å². The summed E-state index contributed by atoms with van der Waals surface area (Å²) in [5.74, 6) is 0.0809. The van der Waals surface area contributed by atoms with Gasteiger partial charge in [-0.2, -0.15) is 0 Å². The summed E-state index contributed by atoms with van der Waals surface area (Å²) in [5, 5.41) is 0. The molecule has 3 heteroatoms. The molecule has 0 aliphatic carbocycles. The molecule has 0 aromatic carbocycles. The zero-order valence-electron chi connectivity index (χ0n) is 8.74. The van der Waals surface area contributed by atoms with E-state index in [9.17, 15) is 4.79 Å². The Morgan fingerprint density at radius 3 is 1.92 bits per heavy atom. The molecule has 1 rings (SSSR count). The predicted molar refractivity (Wildman–Crippen MR) is 57.8 cm³/mol. The quantitative estimate of drug-likeness (QED) is 0.680. The minimum atomic E-state index is 0. The van der Waals surface area contributed by atoms with E-state index >= 15 is 0 Å². The standard InChI is InChI=1S/C7H7NO.C2H6.CH5N.H2/c1-6(9)7-2-4-8-5-3-7;2*1-2;/h2-5H,1H3;1-2H3;2H2,1H3;1H. The maximum Gasteiger partial charge on any atom is 0.159 e. The normalized spacial score (nSPS) is 7.15. The van der Waals surface area contributed by atoms with Crippen LogP contribution < -0.4 is 5.73 Å². The van der Waals surface area contributed by atoms with Gasteiger partial charge in [0.05, 0.1) is 0 Å². The van der Waals surface area contributed by atoms with E-state index in [0.717, 1.165) is 0 Å². The summed E-state index contributed by atoms with van der Waals surface area (Å²) in [6, 6.07) is 3.39. The van der Waals surface area contributed by atoms with Gasteiger partial charge in [0.2, 0.25) is 0 Å². The topological polar surface area (TPSA) is 56.0 Å². The molecule has 0 aliphatic heterocycles. The van der Waals surface area contributed by atoms with Gasteiger partial charge in [-0.25, -0.2) is 0 Å². The lowest BCUT2D eigenvalue weighted by Crippen LogP contribution is -1.89. The van der Waals surface area contributed by atoms with Crippen LogP contribution in [0.3, 0.4) is 0 Å². The van der Waals surface area contributed by atoms with Gasteiger partial charge in [-0.1, -0.05) is 13.8 Å². The highest BCUT2D eigenvalue weighted by Crippen LogP contribution is 1.95. The first-order chi connectivity index (χ1) is 6.30. The molecule has 1 aromatic rings. The summed E-state index contributed by atoms with van der Waals surface area (Å²) in [6.07, 6.45) is 3.22. The third-order valence-electron chi connectivity index (χ3n) is 1.09. The zero-order chi connectivity index (χ0) is 10.7. The highest BCUT2D eigenvalue weighted by molar-refractivity contribution is 5.93. The monoisotopic (exact) mass is 184 g/mol. The van der Waals surface area contributed by atoms with Gasteiger partial charge in [0.1, 0.15) is 0 Å². The SMILES string of the molecule is CC.CC(=O)c1ccncc1.CN.[HH]. The minimum Gasteiger partial charge on any atom is -0.333 e. The highest BCUT2D eigenvalue weighted by Gasteiger charge is 1.93. The Kier molecular flexibility index (Phi) is 11.9. The molecule has 0 unspecified atom stereocenters. The number of carbonyl (C=O) groups is 1. The second-order valence-electron chi connectivity index (χ2n) is 1.79. The lowest BCUT2D eigenvalue weighted by molar-refractivity contribution is 0.101. The lowest BCUT2D eigenvalue weighted by atomic mass is 10.2. The number of Topliss-reactive ketones (excluding diaryl/α,β-unsaturated/α-hetero) is 1. The van der Waals surface area contributed by atoms with Crippen LogP contribution in [0.5, 0.6) is 0 Å². The van der Waals surface area contributed by atoms with Crippen molar-refractivity contribution in [2.24, 2.45) is 5.73 Å². The van der Waals surface area contributed by atoms with E-state index < -0.39 is 0 Å². The second kappa shape index (κ2) is 10.8. The molecular weight excluding hydrogens is 164 g/mol. The fourth-order valence-corrected chi connectivity index (χ4v) is 0.587. The van der Waals surface area contributed by atoms with Crippen molar-refractivity contribution < 1.29 is 6.22 Å². The van der Waals surface area contributed by atoms with Crippen molar-refractivity contribution in [1.29, 1.82) is 0 Å². The third kappa shape index (κ3) is 7.15. The summed E-state index contributed by atoms with van der Waals surface area (Å²) >= 11 is 0. The number of ketones is 1. The number of pyridine rings is 1. The van der Waals surface area contributed by atoms with Crippen LogP contribution in [0.4, 0.5) is 0 Å². The van der Waals surface area contributed by atoms with Crippen molar-refractivity contribution in [1.82, 2.24) is 4.98 Å². The first-order valence-corrected chi connectivity index (χ1v) is 4.29. The van der Waals surface area contributed by atoms with Gasteiger partial charge in [0.25, 0.3) is 0 Å². The average molecular weight is 184 g/mol. The Balaban J connectivity index is -0.000000216. The van der Waals surface area contributed by atoms with Crippen molar-refractivity contribution in [3.63, 3.8) is 0 Å². The van der Waals surface area contributed by atoms with E-state index in [2.05, 4.69) is 10.7 Å². The molecule has 0 radical (unpaired) electrons. The molecule has 0 aliphatic rings. The zero-order valence-corrected chi connectivity index (χ0v) is 8.74. The number of rotatable bonds is 1. The molecule has 0 saturated heterocycles. The lowest BCUT2D eigenvalue weighted by Gasteiger charge is -1.88. The molecule has 0 atom stereocenters. The van der Waals surface area contributed by atoms with Crippen LogP contribution in [-0.2, 0) is 0 Å². The average Bonchev–Trinajstić information content (AvgIpc) is 2.25. The second-order valence-corrected chi connectivity index (χ2v) is 1.79. The van der Waals surface area contributed by atoms with Crippen LogP contribution in [0.1, 0.15) is 32.6 Å². The van der Waals surface area contributed by atoms with Gasteiger partial charge in [-0.05, 0) is 26.1 Å². The first-order valence-electron chi connectivity index (χ1n) is 4.29. The number of hydrogen-bond donors (Lipinski definition) is 1. The van der Waals surface area contributed by atoms with Crippen molar-refractivity contribution >= 4 is 5.78 Å². The summed E-state index contributed by atoms with van der Waals surface area (Å²) in [6.45, 7) is 5.54. The van der Waals surface area contributed by atoms with Gasteiger partial charge < -0.3 is 5.73 Å². The Morgan fingerprint density at radius 2 is 1.69 bits per heavy atom. The summed E-state index contributed by atoms with van der Waals surface area (Å²) in [5.41, 5.74) is 5.21. The largest absolute Gasteiger partial charge is 0.333 e. The predicted octanol–water partition coefficient (Wildman–Crippen LogP) is 2.13. The Bertz CT molecular complexity index is 215. The fraction of sp³-hybridized carbons (Fsp3) is 0.400. The Labute approximate surface area is 81.5 Å². The van der Waals surface area contributed by atoms with Gasteiger partial charge >= 0.3 is 0 Å². The summed E-state index contributed by atoms with van der Waals surface area (Å²) in [7, 11) is 1.50. The van der Waals surface area contributed by atoms with Crippen LogP contribution in [0, 0.1) is 0 Å². The number of nitrogens with two attached hydrogens (primary N) is 1.